The fraction of sp³-hybridized carbons (Fsp3) is 0.231. The standard InChI is InChI=1S/C13H13ClFN3/c1-2-18-13(10-6-16-8-17-7-10)9-3-4-12(15)11(14)5-9/h3-8,13,18H,2H2,1H3. The zero-order valence-corrected chi connectivity index (χ0v) is 10.7. The summed E-state index contributed by atoms with van der Waals surface area (Å²) in [6, 6.07) is 4.61. The topological polar surface area (TPSA) is 37.8 Å². The van der Waals surface area contributed by atoms with Gasteiger partial charge in [0.15, 0.2) is 0 Å². The number of nitrogens with one attached hydrogen (secondary N) is 1. The van der Waals surface area contributed by atoms with Crippen LogP contribution in [0.15, 0.2) is 36.9 Å². The maximum Gasteiger partial charge on any atom is 0.141 e. The Bertz CT molecular complexity index is 519. The van der Waals surface area contributed by atoms with Crippen molar-refractivity contribution in [2.75, 3.05) is 6.54 Å². The summed E-state index contributed by atoms with van der Waals surface area (Å²) in [6.45, 7) is 2.77. The van der Waals surface area contributed by atoms with E-state index in [9.17, 15) is 4.39 Å². The fourth-order valence-corrected chi connectivity index (χ4v) is 1.97. The van der Waals surface area contributed by atoms with Crippen molar-refractivity contribution in [2.45, 2.75) is 13.0 Å². The molecule has 1 heterocycles. The van der Waals surface area contributed by atoms with Gasteiger partial charge >= 0.3 is 0 Å². The highest BCUT2D eigenvalue weighted by molar-refractivity contribution is 6.30. The number of hydrogen-bond acceptors (Lipinski definition) is 3. The van der Waals surface area contributed by atoms with Crippen molar-refractivity contribution in [1.82, 2.24) is 15.3 Å². The van der Waals surface area contributed by atoms with Gasteiger partial charge in [0.1, 0.15) is 12.1 Å². The van der Waals surface area contributed by atoms with Gasteiger partial charge in [-0.05, 0) is 24.2 Å². The predicted octanol–water partition coefficient (Wildman–Crippen LogP) is 2.97. The van der Waals surface area contributed by atoms with Crippen molar-refractivity contribution in [3.05, 3.63) is 58.9 Å². The molecule has 0 amide bonds. The third kappa shape index (κ3) is 2.83. The van der Waals surface area contributed by atoms with E-state index >= 15 is 0 Å². The SMILES string of the molecule is CCNC(c1cncnc1)c1ccc(F)c(Cl)c1. The zero-order chi connectivity index (χ0) is 13.0. The van der Waals surface area contributed by atoms with Gasteiger partial charge in [-0.2, -0.15) is 0 Å². The van der Waals surface area contributed by atoms with Crippen LogP contribution in [0.25, 0.3) is 0 Å². The van der Waals surface area contributed by atoms with E-state index in [0.29, 0.717) is 0 Å². The molecular formula is C13H13ClFN3. The van der Waals surface area contributed by atoms with Gasteiger partial charge in [0.2, 0.25) is 0 Å². The number of benzene rings is 1. The average Bonchev–Trinajstić information content (AvgIpc) is 2.40. The number of hydrogen-bond donors (Lipinski definition) is 1. The van der Waals surface area contributed by atoms with Crippen molar-refractivity contribution in [3.8, 4) is 0 Å². The van der Waals surface area contributed by atoms with Crippen LogP contribution in [0.1, 0.15) is 24.1 Å². The highest BCUT2D eigenvalue weighted by atomic mass is 35.5. The monoisotopic (exact) mass is 265 g/mol. The zero-order valence-electron chi connectivity index (χ0n) is 9.90. The van der Waals surface area contributed by atoms with Crippen LogP contribution in [-0.4, -0.2) is 16.5 Å². The number of nitrogens with zero attached hydrogens (tertiary/aromatic N) is 2. The van der Waals surface area contributed by atoms with E-state index in [1.165, 1.54) is 12.4 Å². The Hall–Kier alpha value is -1.52. The van der Waals surface area contributed by atoms with Crippen LogP contribution in [0, 0.1) is 5.82 Å². The van der Waals surface area contributed by atoms with Crippen LogP contribution < -0.4 is 5.32 Å². The molecule has 18 heavy (non-hydrogen) atoms. The summed E-state index contributed by atoms with van der Waals surface area (Å²) >= 11 is 5.81. The van der Waals surface area contributed by atoms with Crippen molar-refractivity contribution in [2.24, 2.45) is 0 Å². The molecule has 1 aromatic heterocycles. The molecule has 0 aliphatic rings. The molecule has 0 radical (unpaired) electrons. The number of aromatic nitrogens is 2. The lowest BCUT2D eigenvalue weighted by Crippen LogP contribution is -2.22. The summed E-state index contributed by atoms with van der Waals surface area (Å²) in [5.41, 5.74) is 1.81. The third-order valence-electron chi connectivity index (χ3n) is 2.60. The lowest BCUT2D eigenvalue weighted by atomic mass is 10.0. The first kappa shape index (κ1) is 12.9. The minimum atomic E-state index is -0.417. The maximum atomic E-state index is 13.2. The summed E-state index contributed by atoms with van der Waals surface area (Å²) in [5.74, 6) is -0.417. The Labute approximate surface area is 110 Å². The van der Waals surface area contributed by atoms with Crippen molar-refractivity contribution >= 4 is 11.6 Å². The lowest BCUT2D eigenvalue weighted by molar-refractivity contribution is 0.612. The van der Waals surface area contributed by atoms with E-state index in [2.05, 4.69) is 15.3 Å². The first-order chi connectivity index (χ1) is 8.72. The molecule has 0 saturated heterocycles. The number of halogens is 2. The first-order valence-corrected chi connectivity index (χ1v) is 6.03. The second-order valence-electron chi connectivity index (χ2n) is 3.84. The third-order valence-corrected chi connectivity index (χ3v) is 2.89. The van der Waals surface area contributed by atoms with E-state index in [0.717, 1.165) is 17.7 Å². The molecule has 1 atom stereocenters. The van der Waals surface area contributed by atoms with Gasteiger partial charge in [-0.1, -0.05) is 24.6 Å². The van der Waals surface area contributed by atoms with Gasteiger partial charge in [-0.3, -0.25) is 0 Å². The van der Waals surface area contributed by atoms with E-state index in [4.69, 9.17) is 11.6 Å². The second kappa shape index (κ2) is 5.89. The molecule has 94 valence electrons. The summed E-state index contributed by atoms with van der Waals surface area (Å²) < 4.78 is 13.2. The van der Waals surface area contributed by atoms with E-state index < -0.39 is 5.82 Å². The van der Waals surface area contributed by atoms with Crippen LogP contribution in [-0.2, 0) is 0 Å². The predicted molar refractivity (Wildman–Crippen MR) is 69.0 cm³/mol. The van der Waals surface area contributed by atoms with Gasteiger partial charge in [0, 0.05) is 18.0 Å². The molecule has 5 heteroatoms. The van der Waals surface area contributed by atoms with Gasteiger partial charge in [0.05, 0.1) is 11.1 Å². The quantitative estimate of drug-likeness (QED) is 0.924. The van der Waals surface area contributed by atoms with Gasteiger partial charge in [0.25, 0.3) is 0 Å². The van der Waals surface area contributed by atoms with E-state index in [1.807, 2.05) is 6.92 Å². The largest absolute Gasteiger partial charge is 0.306 e. The molecule has 0 saturated carbocycles. The molecular weight excluding hydrogens is 253 g/mol. The van der Waals surface area contributed by atoms with Gasteiger partial charge < -0.3 is 5.32 Å². The van der Waals surface area contributed by atoms with Crippen molar-refractivity contribution in [3.63, 3.8) is 0 Å². The molecule has 0 fully saturated rings. The van der Waals surface area contributed by atoms with E-state index in [-0.39, 0.29) is 11.1 Å². The Morgan fingerprint density at radius 1 is 1.28 bits per heavy atom. The molecule has 0 spiro atoms. The molecule has 1 aromatic carbocycles. The van der Waals surface area contributed by atoms with Crippen LogP contribution in [0.4, 0.5) is 4.39 Å². The Balaban J connectivity index is 2.38. The van der Waals surface area contributed by atoms with Gasteiger partial charge in [-0.25, -0.2) is 14.4 Å². The molecule has 2 rings (SSSR count). The Morgan fingerprint density at radius 3 is 2.61 bits per heavy atom. The Morgan fingerprint density at radius 2 is 2.00 bits per heavy atom. The van der Waals surface area contributed by atoms with Crippen LogP contribution in [0.2, 0.25) is 5.02 Å². The molecule has 0 aliphatic heterocycles. The maximum absolute atomic E-state index is 13.2. The van der Waals surface area contributed by atoms with Crippen molar-refractivity contribution in [1.29, 1.82) is 0 Å². The molecule has 1 unspecified atom stereocenters. The summed E-state index contributed by atoms with van der Waals surface area (Å²) in [7, 11) is 0. The average molecular weight is 266 g/mol. The highest BCUT2D eigenvalue weighted by Crippen LogP contribution is 2.25. The minimum Gasteiger partial charge on any atom is -0.306 e. The smallest absolute Gasteiger partial charge is 0.141 e. The van der Waals surface area contributed by atoms with Crippen LogP contribution in [0.3, 0.4) is 0 Å². The normalized spacial score (nSPS) is 12.4. The first-order valence-electron chi connectivity index (χ1n) is 5.65. The van der Waals surface area contributed by atoms with Crippen molar-refractivity contribution < 1.29 is 4.39 Å². The van der Waals surface area contributed by atoms with Crippen LogP contribution in [0.5, 0.6) is 0 Å². The fourth-order valence-electron chi connectivity index (χ4n) is 1.78. The highest BCUT2D eigenvalue weighted by Gasteiger charge is 2.14. The molecule has 2 aromatic rings. The molecule has 0 bridgehead atoms. The van der Waals surface area contributed by atoms with Gasteiger partial charge in [-0.15, -0.1) is 0 Å². The second-order valence-corrected chi connectivity index (χ2v) is 4.24. The summed E-state index contributed by atoms with van der Waals surface area (Å²) in [6.07, 6.45) is 4.94. The molecule has 1 N–H and O–H groups in total. The number of rotatable bonds is 4. The lowest BCUT2D eigenvalue weighted by Gasteiger charge is -2.18. The Kier molecular flexibility index (Phi) is 4.23. The summed E-state index contributed by atoms with van der Waals surface area (Å²) in [5, 5.41) is 3.42. The summed E-state index contributed by atoms with van der Waals surface area (Å²) in [4.78, 5) is 7.99. The van der Waals surface area contributed by atoms with Crippen LogP contribution >= 0.6 is 11.6 Å². The molecule has 3 nitrogen and oxygen atoms in total. The minimum absolute atomic E-state index is 0.0886. The van der Waals surface area contributed by atoms with E-state index in [1.54, 1.807) is 24.5 Å². The molecule has 0 aliphatic carbocycles.